The molecule has 0 heterocycles. The summed E-state index contributed by atoms with van der Waals surface area (Å²) in [4.78, 5) is 23.8. The third-order valence-corrected chi connectivity index (χ3v) is 4.83. The van der Waals surface area contributed by atoms with Crippen molar-refractivity contribution in [3.63, 3.8) is 0 Å². The number of ether oxygens (including phenoxy) is 1. The van der Waals surface area contributed by atoms with E-state index in [1.807, 2.05) is 0 Å². The summed E-state index contributed by atoms with van der Waals surface area (Å²) in [6.45, 7) is 0.833. The van der Waals surface area contributed by atoms with E-state index in [0.29, 0.717) is 6.07 Å². The summed E-state index contributed by atoms with van der Waals surface area (Å²) in [5, 5.41) is 0. The van der Waals surface area contributed by atoms with Crippen molar-refractivity contribution in [3.05, 3.63) is 29.3 Å². The van der Waals surface area contributed by atoms with Gasteiger partial charge in [0.15, 0.2) is 5.60 Å². The number of hydrogen-bond donors (Lipinski definition) is 0. The molecule has 156 valence electrons. The summed E-state index contributed by atoms with van der Waals surface area (Å²) in [7, 11) is -5.96. The van der Waals surface area contributed by atoms with Gasteiger partial charge in [-0.05, 0) is 36.6 Å². The fourth-order valence-corrected chi connectivity index (χ4v) is 3.27. The Morgan fingerprint density at radius 3 is 2.29 bits per heavy atom. The van der Waals surface area contributed by atoms with Crippen molar-refractivity contribution in [1.82, 2.24) is 0 Å². The standard InChI is InChI=1S/C15H12F6O6S/c1-8(22)26-13(7-14(16,17)18)5-4-9-6-10(2-3-11(9)12(13)23)27-28(24,25)15(19,20)21/h2-3,6H,4-5,7H2,1H3. The molecule has 1 unspecified atom stereocenters. The van der Waals surface area contributed by atoms with Crippen molar-refractivity contribution in [3.8, 4) is 5.75 Å². The average Bonchev–Trinajstić information content (AvgIpc) is 2.47. The zero-order valence-corrected chi connectivity index (χ0v) is 14.8. The second kappa shape index (κ2) is 6.94. The van der Waals surface area contributed by atoms with Gasteiger partial charge in [0.25, 0.3) is 0 Å². The van der Waals surface area contributed by atoms with E-state index >= 15 is 0 Å². The lowest BCUT2D eigenvalue weighted by Gasteiger charge is -2.36. The number of carbonyl (C=O) groups excluding carboxylic acids is 2. The van der Waals surface area contributed by atoms with Gasteiger partial charge in [-0.15, -0.1) is 0 Å². The summed E-state index contributed by atoms with van der Waals surface area (Å²) < 4.78 is 107. The molecule has 1 aliphatic rings. The molecule has 0 aromatic heterocycles. The van der Waals surface area contributed by atoms with Crippen LogP contribution >= 0.6 is 0 Å². The van der Waals surface area contributed by atoms with Crippen molar-refractivity contribution in [2.75, 3.05) is 0 Å². The Bertz CT molecular complexity index is 905. The van der Waals surface area contributed by atoms with E-state index in [9.17, 15) is 44.3 Å². The monoisotopic (exact) mass is 434 g/mol. The lowest BCUT2D eigenvalue weighted by molar-refractivity contribution is -0.186. The predicted molar refractivity (Wildman–Crippen MR) is 79.9 cm³/mol. The third kappa shape index (κ3) is 4.56. The van der Waals surface area contributed by atoms with Gasteiger partial charge < -0.3 is 8.92 Å². The Morgan fingerprint density at radius 1 is 1.18 bits per heavy atom. The van der Waals surface area contributed by atoms with E-state index in [2.05, 4.69) is 4.18 Å². The smallest absolute Gasteiger partial charge is 0.450 e. The van der Waals surface area contributed by atoms with Crippen LogP contribution < -0.4 is 4.18 Å². The summed E-state index contributed by atoms with van der Waals surface area (Å²) in [5.74, 6) is -3.07. The van der Waals surface area contributed by atoms with Crippen LogP contribution in [0.2, 0.25) is 0 Å². The van der Waals surface area contributed by atoms with E-state index in [1.165, 1.54) is 0 Å². The highest BCUT2D eigenvalue weighted by Gasteiger charge is 2.53. The van der Waals surface area contributed by atoms with Crippen LogP contribution in [0.4, 0.5) is 26.3 Å². The molecule has 0 aliphatic heterocycles. The van der Waals surface area contributed by atoms with Gasteiger partial charge in [-0.3, -0.25) is 9.59 Å². The van der Waals surface area contributed by atoms with E-state index in [4.69, 9.17) is 4.74 Å². The molecule has 2 rings (SSSR count). The molecule has 0 amide bonds. The highest BCUT2D eigenvalue weighted by molar-refractivity contribution is 7.88. The number of halogens is 6. The fraction of sp³-hybridized carbons (Fsp3) is 0.467. The number of benzene rings is 1. The topological polar surface area (TPSA) is 86.7 Å². The molecule has 0 fully saturated rings. The van der Waals surface area contributed by atoms with Crippen LogP contribution in [0.5, 0.6) is 5.75 Å². The van der Waals surface area contributed by atoms with Gasteiger partial charge >= 0.3 is 27.8 Å². The first-order chi connectivity index (χ1) is 12.6. The van der Waals surface area contributed by atoms with Crippen LogP contribution in [0.1, 0.15) is 35.7 Å². The SMILES string of the molecule is CC(=O)OC1(CC(F)(F)F)CCc2cc(OS(=O)(=O)C(F)(F)F)ccc2C1=O. The third-order valence-electron chi connectivity index (χ3n) is 3.85. The summed E-state index contributed by atoms with van der Waals surface area (Å²) in [5.41, 5.74) is -8.56. The average molecular weight is 434 g/mol. The normalized spacial score (nSPS) is 20.5. The van der Waals surface area contributed by atoms with Crippen LogP contribution in [0, 0.1) is 0 Å². The minimum absolute atomic E-state index is 0.0372. The first-order valence-electron chi connectivity index (χ1n) is 7.51. The molecule has 1 aromatic carbocycles. The summed E-state index contributed by atoms with van der Waals surface area (Å²) in [6.07, 6.45) is -7.47. The van der Waals surface area contributed by atoms with E-state index in [-0.39, 0.29) is 17.5 Å². The van der Waals surface area contributed by atoms with Crippen LogP contribution in [0.15, 0.2) is 18.2 Å². The summed E-state index contributed by atoms with van der Waals surface area (Å²) in [6, 6.07) is 2.33. The zero-order chi connectivity index (χ0) is 21.5. The van der Waals surface area contributed by atoms with Gasteiger partial charge in [0.2, 0.25) is 5.78 Å². The predicted octanol–water partition coefficient (Wildman–Crippen LogP) is 3.30. The Balaban J connectivity index is 2.41. The summed E-state index contributed by atoms with van der Waals surface area (Å²) >= 11 is 0. The maximum absolute atomic E-state index is 12.9. The van der Waals surface area contributed by atoms with E-state index in [1.54, 1.807) is 0 Å². The molecular formula is C15H12F6O6S. The van der Waals surface area contributed by atoms with Crippen LogP contribution in [0.3, 0.4) is 0 Å². The van der Waals surface area contributed by atoms with Crippen LogP contribution in [-0.2, 0) is 26.1 Å². The van der Waals surface area contributed by atoms with Crippen molar-refractivity contribution in [2.45, 2.75) is 43.5 Å². The second-order valence-electron chi connectivity index (χ2n) is 6.01. The molecule has 1 aliphatic carbocycles. The number of fused-ring (bicyclic) bond motifs is 1. The quantitative estimate of drug-likeness (QED) is 0.313. The minimum Gasteiger partial charge on any atom is -0.450 e. The number of Topliss-reactive ketones (excluding diaryl/α,β-unsaturated/α-hetero) is 1. The molecule has 1 atom stereocenters. The number of carbonyl (C=O) groups is 2. The fourth-order valence-electron chi connectivity index (χ4n) is 2.82. The van der Waals surface area contributed by atoms with Gasteiger partial charge in [-0.2, -0.15) is 34.8 Å². The molecule has 0 N–H and O–H groups in total. The first-order valence-corrected chi connectivity index (χ1v) is 8.92. The van der Waals surface area contributed by atoms with Gasteiger partial charge in [-0.25, -0.2) is 0 Å². The van der Waals surface area contributed by atoms with Crippen LogP contribution in [-0.4, -0.2) is 37.5 Å². The van der Waals surface area contributed by atoms with Crippen molar-refractivity contribution in [1.29, 1.82) is 0 Å². The Kier molecular flexibility index (Phi) is 5.45. The lowest BCUT2D eigenvalue weighted by atomic mass is 9.77. The molecule has 28 heavy (non-hydrogen) atoms. The Morgan fingerprint density at radius 2 is 1.79 bits per heavy atom. The number of ketones is 1. The van der Waals surface area contributed by atoms with Crippen LogP contribution in [0.25, 0.3) is 0 Å². The Labute approximate surface area is 154 Å². The molecule has 0 saturated heterocycles. The number of esters is 1. The number of aryl methyl sites for hydroxylation is 1. The maximum atomic E-state index is 12.9. The number of rotatable bonds is 4. The van der Waals surface area contributed by atoms with Crippen molar-refractivity contribution >= 4 is 21.9 Å². The highest BCUT2D eigenvalue weighted by Crippen LogP contribution is 2.41. The molecule has 0 radical (unpaired) electrons. The molecule has 0 bridgehead atoms. The molecule has 13 heteroatoms. The molecule has 6 nitrogen and oxygen atoms in total. The minimum atomic E-state index is -5.96. The largest absolute Gasteiger partial charge is 0.534 e. The zero-order valence-electron chi connectivity index (χ0n) is 14.0. The highest BCUT2D eigenvalue weighted by atomic mass is 32.2. The number of hydrogen-bond acceptors (Lipinski definition) is 6. The molecule has 0 spiro atoms. The van der Waals surface area contributed by atoms with Gasteiger partial charge in [-0.1, -0.05) is 0 Å². The first kappa shape index (κ1) is 22.0. The Hall–Kier alpha value is -2.31. The van der Waals surface area contributed by atoms with Crippen molar-refractivity contribution < 1.29 is 53.3 Å². The van der Waals surface area contributed by atoms with E-state index < -0.39 is 57.7 Å². The molecule has 1 aromatic rings. The van der Waals surface area contributed by atoms with E-state index in [0.717, 1.165) is 19.1 Å². The lowest BCUT2D eigenvalue weighted by Crippen LogP contribution is -2.49. The van der Waals surface area contributed by atoms with Gasteiger partial charge in [0, 0.05) is 12.5 Å². The second-order valence-corrected chi connectivity index (χ2v) is 7.55. The van der Waals surface area contributed by atoms with Crippen molar-refractivity contribution in [2.24, 2.45) is 0 Å². The van der Waals surface area contributed by atoms with Gasteiger partial charge in [0.05, 0.1) is 6.42 Å². The van der Waals surface area contributed by atoms with Gasteiger partial charge in [0.1, 0.15) is 5.75 Å². The maximum Gasteiger partial charge on any atom is 0.534 e. The molecule has 0 saturated carbocycles. The molecular weight excluding hydrogens is 422 g/mol. The number of alkyl halides is 6.